The molecule has 1 aliphatic rings. The van der Waals surface area contributed by atoms with Crippen molar-refractivity contribution >= 4 is 17.3 Å². The van der Waals surface area contributed by atoms with Crippen LogP contribution in [0.1, 0.15) is 31.7 Å². The molecule has 0 bridgehead atoms. The van der Waals surface area contributed by atoms with Gasteiger partial charge in [-0.2, -0.15) is 5.10 Å². The predicted molar refractivity (Wildman–Crippen MR) is 74.6 cm³/mol. The van der Waals surface area contributed by atoms with Crippen molar-refractivity contribution in [2.24, 2.45) is 0 Å². The molecule has 3 nitrogen and oxygen atoms in total. The fraction of sp³-hybridized carbons (Fsp3) is 0.357. The minimum absolute atomic E-state index is 0.514. The highest BCUT2D eigenvalue weighted by Gasteiger charge is 2.19. The van der Waals surface area contributed by atoms with Gasteiger partial charge in [0.2, 0.25) is 0 Å². The SMILES string of the molecule is Nc1cn(C2CCCC2)nc1-c1cccc(Cl)c1. The van der Waals surface area contributed by atoms with Gasteiger partial charge in [-0.15, -0.1) is 0 Å². The number of aromatic nitrogens is 2. The lowest BCUT2D eigenvalue weighted by molar-refractivity contribution is 0.468. The smallest absolute Gasteiger partial charge is 0.115 e. The quantitative estimate of drug-likeness (QED) is 0.891. The zero-order valence-corrected chi connectivity index (χ0v) is 10.9. The van der Waals surface area contributed by atoms with Gasteiger partial charge in [0.1, 0.15) is 5.69 Å². The molecule has 0 aliphatic heterocycles. The van der Waals surface area contributed by atoms with Crippen molar-refractivity contribution in [3.63, 3.8) is 0 Å². The molecule has 1 saturated carbocycles. The summed E-state index contributed by atoms with van der Waals surface area (Å²) in [4.78, 5) is 0. The second-order valence-electron chi connectivity index (χ2n) is 4.86. The maximum Gasteiger partial charge on any atom is 0.115 e. The molecule has 1 aromatic heterocycles. The van der Waals surface area contributed by atoms with E-state index in [2.05, 4.69) is 5.10 Å². The van der Waals surface area contributed by atoms with Crippen LogP contribution in [-0.2, 0) is 0 Å². The van der Waals surface area contributed by atoms with Crippen LogP contribution in [0.4, 0.5) is 5.69 Å². The van der Waals surface area contributed by atoms with Gasteiger partial charge in [-0.3, -0.25) is 4.68 Å². The van der Waals surface area contributed by atoms with Gasteiger partial charge in [0.25, 0.3) is 0 Å². The van der Waals surface area contributed by atoms with Gasteiger partial charge in [0, 0.05) is 16.8 Å². The van der Waals surface area contributed by atoms with E-state index in [4.69, 9.17) is 17.3 Å². The Morgan fingerprint density at radius 2 is 2.06 bits per heavy atom. The fourth-order valence-corrected chi connectivity index (χ4v) is 2.81. The Bertz CT molecular complexity index is 556. The van der Waals surface area contributed by atoms with Crippen LogP contribution in [0.15, 0.2) is 30.5 Å². The van der Waals surface area contributed by atoms with Crippen molar-refractivity contribution in [3.8, 4) is 11.3 Å². The van der Waals surface area contributed by atoms with E-state index in [1.54, 1.807) is 0 Å². The third-order valence-electron chi connectivity index (χ3n) is 3.56. The van der Waals surface area contributed by atoms with Crippen molar-refractivity contribution in [1.29, 1.82) is 0 Å². The standard InChI is InChI=1S/C14H16ClN3/c15-11-5-3-4-10(8-11)14-13(16)9-18(17-14)12-6-1-2-7-12/h3-5,8-9,12H,1-2,6-7,16H2. The van der Waals surface area contributed by atoms with E-state index in [0.717, 1.165) is 16.9 Å². The molecule has 2 N–H and O–H groups in total. The molecule has 0 spiro atoms. The van der Waals surface area contributed by atoms with E-state index in [1.807, 2.05) is 35.1 Å². The topological polar surface area (TPSA) is 43.8 Å². The third-order valence-corrected chi connectivity index (χ3v) is 3.79. The average Bonchev–Trinajstić information content (AvgIpc) is 2.97. The summed E-state index contributed by atoms with van der Waals surface area (Å²) < 4.78 is 2.03. The van der Waals surface area contributed by atoms with E-state index >= 15 is 0 Å². The minimum atomic E-state index is 0.514. The van der Waals surface area contributed by atoms with Crippen molar-refractivity contribution < 1.29 is 0 Å². The maximum absolute atomic E-state index is 6.06. The monoisotopic (exact) mass is 261 g/mol. The van der Waals surface area contributed by atoms with Gasteiger partial charge in [-0.1, -0.05) is 36.6 Å². The summed E-state index contributed by atoms with van der Waals surface area (Å²) in [5.41, 5.74) is 8.61. The summed E-state index contributed by atoms with van der Waals surface area (Å²) in [5, 5.41) is 5.35. The van der Waals surface area contributed by atoms with E-state index in [0.29, 0.717) is 11.1 Å². The molecule has 1 fully saturated rings. The number of hydrogen-bond acceptors (Lipinski definition) is 2. The lowest BCUT2D eigenvalue weighted by atomic mass is 10.1. The van der Waals surface area contributed by atoms with Crippen LogP contribution in [0.2, 0.25) is 5.02 Å². The zero-order valence-electron chi connectivity index (χ0n) is 10.1. The van der Waals surface area contributed by atoms with Crippen LogP contribution in [0, 0.1) is 0 Å². The molecule has 0 atom stereocenters. The van der Waals surface area contributed by atoms with Crippen LogP contribution in [0.5, 0.6) is 0 Å². The number of hydrogen-bond donors (Lipinski definition) is 1. The normalized spacial score (nSPS) is 16.3. The number of nitrogens with two attached hydrogens (primary N) is 1. The van der Waals surface area contributed by atoms with Gasteiger partial charge in [-0.05, 0) is 25.0 Å². The summed E-state index contributed by atoms with van der Waals surface area (Å²) in [6, 6.07) is 8.18. The Kier molecular flexibility index (Phi) is 3.00. The highest BCUT2D eigenvalue weighted by Crippen LogP contribution is 2.32. The van der Waals surface area contributed by atoms with E-state index < -0.39 is 0 Å². The molecule has 4 heteroatoms. The predicted octanol–water partition coefficient (Wildman–Crippen LogP) is 3.90. The molecule has 3 rings (SSSR count). The minimum Gasteiger partial charge on any atom is -0.396 e. The molecule has 1 aromatic carbocycles. The zero-order chi connectivity index (χ0) is 12.5. The van der Waals surface area contributed by atoms with Gasteiger partial charge in [0.15, 0.2) is 0 Å². The molecular formula is C14H16ClN3. The molecule has 1 heterocycles. The second-order valence-corrected chi connectivity index (χ2v) is 5.30. The molecule has 94 valence electrons. The number of nitrogens with zero attached hydrogens (tertiary/aromatic N) is 2. The summed E-state index contributed by atoms with van der Waals surface area (Å²) in [5.74, 6) is 0. The Morgan fingerprint density at radius 3 is 2.78 bits per heavy atom. The van der Waals surface area contributed by atoms with Crippen molar-refractivity contribution in [3.05, 3.63) is 35.5 Å². The van der Waals surface area contributed by atoms with E-state index in [-0.39, 0.29) is 0 Å². The Hall–Kier alpha value is -1.48. The highest BCUT2D eigenvalue weighted by molar-refractivity contribution is 6.30. The molecule has 18 heavy (non-hydrogen) atoms. The van der Waals surface area contributed by atoms with Gasteiger partial charge < -0.3 is 5.73 Å². The number of halogens is 1. The fourth-order valence-electron chi connectivity index (χ4n) is 2.62. The molecule has 2 aromatic rings. The number of benzene rings is 1. The molecule has 0 unspecified atom stereocenters. The van der Waals surface area contributed by atoms with E-state index in [1.165, 1.54) is 25.7 Å². The number of anilines is 1. The highest BCUT2D eigenvalue weighted by atomic mass is 35.5. The van der Waals surface area contributed by atoms with Gasteiger partial charge in [-0.25, -0.2) is 0 Å². The second kappa shape index (κ2) is 4.65. The number of rotatable bonds is 2. The Balaban J connectivity index is 1.97. The largest absolute Gasteiger partial charge is 0.396 e. The first kappa shape index (κ1) is 11.6. The lowest BCUT2D eigenvalue weighted by Gasteiger charge is -2.08. The summed E-state index contributed by atoms with van der Waals surface area (Å²) >= 11 is 6.01. The van der Waals surface area contributed by atoms with Crippen LogP contribution >= 0.6 is 11.6 Å². The first-order valence-electron chi connectivity index (χ1n) is 6.34. The average molecular weight is 262 g/mol. The van der Waals surface area contributed by atoms with Crippen LogP contribution in [0.25, 0.3) is 11.3 Å². The summed E-state index contributed by atoms with van der Waals surface area (Å²) in [6.45, 7) is 0. The van der Waals surface area contributed by atoms with Gasteiger partial charge in [0.05, 0.1) is 11.7 Å². The van der Waals surface area contributed by atoms with Crippen molar-refractivity contribution in [2.75, 3.05) is 5.73 Å². The number of nitrogen functional groups attached to an aromatic ring is 1. The lowest BCUT2D eigenvalue weighted by Crippen LogP contribution is -2.04. The Labute approximate surface area is 112 Å². The van der Waals surface area contributed by atoms with Crippen LogP contribution < -0.4 is 5.73 Å². The summed E-state index contributed by atoms with van der Waals surface area (Å²) in [7, 11) is 0. The maximum atomic E-state index is 6.06. The van der Waals surface area contributed by atoms with Crippen molar-refractivity contribution in [1.82, 2.24) is 9.78 Å². The molecule has 0 saturated heterocycles. The van der Waals surface area contributed by atoms with Crippen LogP contribution in [-0.4, -0.2) is 9.78 Å². The first-order chi connectivity index (χ1) is 8.74. The molecule has 0 amide bonds. The molecule has 1 aliphatic carbocycles. The van der Waals surface area contributed by atoms with E-state index in [9.17, 15) is 0 Å². The summed E-state index contributed by atoms with van der Waals surface area (Å²) in [6.07, 6.45) is 6.94. The molecular weight excluding hydrogens is 246 g/mol. The van der Waals surface area contributed by atoms with Crippen LogP contribution in [0.3, 0.4) is 0 Å². The first-order valence-corrected chi connectivity index (χ1v) is 6.72. The third kappa shape index (κ3) is 2.10. The molecule has 0 radical (unpaired) electrons. The Morgan fingerprint density at radius 1 is 1.28 bits per heavy atom. The van der Waals surface area contributed by atoms with Gasteiger partial charge >= 0.3 is 0 Å². The van der Waals surface area contributed by atoms with Crippen molar-refractivity contribution in [2.45, 2.75) is 31.7 Å².